The summed E-state index contributed by atoms with van der Waals surface area (Å²) in [6, 6.07) is 8.71. The SMILES string of the molecule is I[I-]I.Oc1ccccc1. The Morgan fingerprint density at radius 3 is 1.70 bits per heavy atom. The van der Waals surface area contributed by atoms with Crippen LogP contribution in [-0.4, -0.2) is 5.11 Å². The second-order valence-corrected chi connectivity index (χ2v) is 17.6. The molecule has 1 nitrogen and oxygen atoms in total. The summed E-state index contributed by atoms with van der Waals surface area (Å²) < 4.78 is 0. The fourth-order valence-corrected chi connectivity index (χ4v) is 0.428. The van der Waals surface area contributed by atoms with Gasteiger partial charge in [-0.3, -0.25) is 0 Å². The molecular formula is C6H6I3O-. The van der Waals surface area contributed by atoms with Crippen molar-refractivity contribution in [1.29, 1.82) is 0 Å². The van der Waals surface area contributed by atoms with Gasteiger partial charge in [-0.2, -0.15) is 0 Å². The fraction of sp³-hybridized carbons (Fsp3) is 0. The zero-order valence-corrected chi connectivity index (χ0v) is 11.4. The van der Waals surface area contributed by atoms with Gasteiger partial charge in [-0.05, 0) is 12.1 Å². The van der Waals surface area contributed by atoms with E-state index in [0.29, 0.717) is 19.0 Å². The van der Waals surface area contributed by atoms with Crippen molar-refractivity contribution in [2.24, 2.45) is 0 Å². The van der Waals surface area contributed by atoms with Crippen LogP contribution < -0.4 is 13.3 Å². The van der Waals surface area contributed by atoms with E-state index in [4.69, 9.17) is 5.11 Å². The van der Waals surface area contributed by atoms with Crippen LogP contribution in [0, 0.1) is 0 Å². The summed E-state index contributed by atoms with van der Waals surface area (Å²) in [5, 5.41) is 8.63. The minimum Gasteiger partial charge on any atom is -0.508 e. The Morgan fingerprint density at radius 1 is 1.10 bits per heavy atom. The third-order valence-corrected chi connectivity index (χ3v) is 0.756. The van der Waals surface area contributed by atoms with E-state index in [2.05, 4.69) is 37.2 Å². The van der Waals surface area contributed by atoms with Gasteiger partial charge in [-0.15, -0.1) is 0 Å². The summed E-state index contributed by atoms with van der Waals surface area (Å²) in [6.07, 6.45) is 0. The topological polar surface area (TPSA) is 20.2 Å². The fourth-order valence-electron chi connectivity index (χ4n) is 0.428. The molecule has 1 rings (SSSR count). The molecule has 0 aliphatic heterocycles. The van der Waals surface area contributed by atoms with E-state index >= 15 is 0 Å². The van der Waals surface area contributed by atoms with Crippen molar-refractivity contribution in [2.75, 3.05) is 0 Å². The van der Waals surface area contributed by atoms with Crippen LogP contribution in [0.4, 0.5) is 0 Å². The Kier molecular flexibility index (Phi) is 9.31. The molecule has 0 aliphatic carbocycles. The molecule has 0 unspecified atom stereocenters. The summed E-state index contributed by atoms with van der Waals surface area (Å²) in [5.41, 5.74) is 0. The maximum absolute atomic E-state index is 8.63. The first-order valence-corrected chi connectivity index (χ1v) is 15.0. The molecule has 0 amide bonds. The van der Waals surface area contributed by atoms with Gasteiger partial charge in [-0.1, -0.05) is 18.2 Å². The number of phenolic OH excluding ortho intramolecular Hbond substituents is 1. The van der Waals surface area contributed by atoms with Gasteiger partial charge in [0.05, 0.1) is 0 Å². The van der Waals surface area contributed by atoms with Gasteiger partial charge in [0.15, 0.2) is 0 Å². The molecule has 0 spiro atoms. The van der Waals surface area contributed by atoms with Crippen molar-refractivity contribution in [3.8, 4) is 5.75 Å². The van der Waals surface area contributed by atoms with Crippen molar-refractivity contribution in [1.82, 2.24) is 0 Å². The van der Waals surface area contributed by atoms with Crippen LogP contribution in [0.3, 0.4) is 0 Å². The molecule has 0 atom stereocenters. The maximum Gasteiger partial charge on any atom is 0.115 e. The molecule has 4 heteroatoms. The first-order chi connectivity index (χ1) is 4.81. The van der Waals surface area contributed by atoms with E-state index in [0.717, 1.165) is 0 Å². The molecule has 1 aromatic rings. The number of rotatable bonds is 0. The summed E-state index contributed by atoms with van der Waals surface area (Å²) in [5.74, 6) is 0.322. The summed E-state index contributed by atoms with van der Waals surface area (Å²) in [6.45, 7) is 0. The van der Waals surface area contributed by atoms with E-state index < -0.39 is 0 Å². The third kappa shape index (κ3) is 7.32. The molecule has 0 aliphatic rings. The predicted octanol–water partition coefficient (Wildman–Crippen LogP) is 0.168. The number of aromatic hydroxyl groups is 1. The summed E-state index contributed by atoms with van der Waals surface area (Å²) >= 11 is 5.30. The molecule has 0 radical (unpaired) electrons. The van der Waals surface area contributed by atoms with Gasteiger partial charge in [0, 0.05) is 0 Å². The van der Waals surface area contributed by atoms with Crippen LogP contribution in [0.25, 0.3) is 0 Å². The number of para-hydroxylation sites is 1. The van der Waals surface area contributed by atoms with Crippen LogP contribution >= 0.6 is 37.2 Å². The molecule has 1 aromatic carbocycles. The molecule has 0 fully saturated rings. The van der Waals surface area contributed by atoms with E-state index in [1.807, 2.05) is 6.07 Å². The van der Waals surface area contributed by atoms with E-state index in [-0.39, 0.29) is 0 Å². The molecule has 0 saturated carbocycles. The molecule has 0 heterocycles. The monoisotopic (exact) mass is 475 g/mol. The molecule has 1 N–H and O–H groups in total. The van der Waals surface area contributed by atoms with Crippen molar-refractivity contribution >= 4 is 37.2 Å². The molecule has 58 valence electrons. The van der Waals surface area contributed by atoms with Crippen LogP contribution in [0.1, 0.15) is 0 Å². The minimum absolute atomic E-state index is 0.322. The zero-order valence-electron chi connectivity index (χ0n) is 4.97. The first-order valence-electron chi connectivity index (χ1n) is 2.42. The Bertz CT molecular complexity index is 154. The molecule has 10 heavy (non-hydrogen) atoms. The van der Waals surface area contributed by atoms with Gasteiger partial charge in [0.2, 0.25) is 0 Å². The van der Waals surface area contributed by atoms with E-state index in [1.54, 1.807) is 24.3 Å². The Morgan fingerprint density at radius 2 is 1.50 bits per heavy atom. The standard InChI is InChI=1S/C6H6O.I3/c7-6-4-2-1-3-5-6;1-3-2/h1-5,7H;/q;-1. The second kappa shape index (κ2) is 8.31. The van der Waals surface area contributed by atoms with Crippen LogP contribution in [0.2, 0.25) is 0 Å². The van der Waals surface area contributed by atoms with Crippen LogP contribution in [0.15, 0.2) is 30.3 Å². The smallest absolute Gasteiger partial charge is 0.115 e. The van der Waals surface area contributed by atoms with E-state index in [1.165, 1.54) is 0 Å². The number of halogens is 3. The molecule has 0 aromatic heterocycles. The van der Waals surface area contributed by atoms with E-state index in [9.17, 15) is 0 Å². The quantitative estimate of drug-likeness (QED) is 0.532. The maximum atomic E-state index is 8.63. The van der Waals surface area contributed by atoms with Crippen molar-refractivity contribution in [3.63, 3.8) is 0 Å². The second-order valence-electron chi connectivity index (χ2n) is 1.39. The Hall–Kier alpha value is 1.21. The number of hydrogen-bond donors (Lipinski definition) is 1. The number of benzene rings is 1. The van der Waals surface area contributed by atoms with Gasteiger partial charge in [-0.25, -0.2) is 0 Å². The van der Waals surface area contributed by atoms with Gasteiger partial charge >= 0.3 is 50.5 Å². The van der Waals surface area contributed by atoms with Gasteiger partial charge in [0.1, 0.15) is 5.75 Å². The predicted molar refractivity (Wildman–Crippen MR) is 56.1 cm³/mol. The number of phenols is 1. The molecular weight excluding hydrogens is 469 g/mol. The molecule has 0 bridgehead atoms. The van der Waals surface area contributed by atoms with Crippen molar-refractivity contribution in [3.05, 3.63) is 30.3 Å². The summed E-state index contributed by atoms with van der Waals surface area (Å²) in [4.78, 5) is 0. The van der Waals surface area contributed by atoms with Crippen molar-refractivity contribution in [2.45, 2.75) is 0 Å². The van der Waals surface area contributed by atoms with Gasteiger partial charge < -0.3 is 5.11 Å². The van der Waals surface area contributed by atoms with Crippen LogP contribution in [0.5, 0.6) is 5.75 Å². The zero-order chi connectivity index (χ0) is 7.82. The van der Waals surface area contributed by atoms with Gasteiger partial charge in [0.25, 0.3) is 0 Å². The molecule has 0 saturated heterocycles. The largest absolute Gasteiger partial charge is 0.508 e. The average Bonchev–Trinajstić information content (AvgIpc) is 1.91. The Balaban J connectivity index is 0.000000236. The first kappa shape index (κ1) is 11.2. The average molecular weight is 475 g/mol. The number of hydrogen-bond acceptors (Lipinski definition) is 1. The minimum atomic E-state index is 0.322. The normalized spacial score (nSPS) is 8.20. The third-order valence-electron chi connectivity index (χ3n) is 0.756. The summed E-state index contributed by atoms with van der Waals surface area (Å²) in [7, 11) is 0. The van der Waals surface area contributed by atoms with Crippen LogP contribution in [-0.2, 0) is 0 Å². The Labute approximate surface area is 90.2 Å². The van der Waals surface area contributed by atoms with Crippen molar-refractivity contribution < 1.29 is 18.4 Å².